The minimum atomic E-state index is -1.18. The zero-order chi connectivity index (χ0) is 11.2. The van der Waals surface area contributed by atoms with Gasteiger partial charge in [-0.05, 0) is 24.1 Å². The van der Waals surface area contributed by atoms with Crippen LogP contribution < -0.4 is 5.73 Å². The highest BCUT2D eigenvalue weighted by Gasteiger charge is 2.43. The van der Waals surface area contributed by atoms with Gasteiger partial charge in [-0.2, -0.15) is 0 Å². The van der Waals surface area contributed by atoms with Crippen LogP contribution in [0.15, 0.2) is 23.2 Å². The lowest BCUT2D eigenvalue weighted by atomic mass is 9.83. The van der Waals surface area contributed by atoms with Crippen molar-refractivity contribution >= 4 is 23.1 Å². The number of nitrogens with zero attached hydrogens (tertiary/aromatic N) is 1. The first-order valence-electron chi connectivity index (χ1n) is 4.83. The fourth-order valence-corrected chi connectivity index (χ4v) is 2.04. The van der Waals surface area contributed by atoms with Gasteiger partial charge in [-0.3, -0.25) is 0 Å². The van der Waals surface area contributed by atoms with Crippen LogP contribution in [0.2, 0.25) is 5.02 Å². The Morgan fingerprint density at radius 3 is 2.73 bits per heavy atom. The first-order valence-corrected chi connectivity index (χ1v) is 5.21. The van der Waals surface area contributed by atoms with E-state index < -0.39 is 5.60 Å². The number of rotatable bonds is 1. The second-order valence-electron chi connectivity index (χ2n) is 4.08. The lowest BCUT2D eigenvalue weighted by Crippen LogP contribution is -2.43. The van der Waals surface area contributed by atoms with Crippen molar-refractivity contribution in [1.82, 2.24) is 0 Å². The third kappa shape index (κ3) is 1.34. The van der Waals surface area contributed by atoms with Crippen LogP contribution in [-0.4, -0.2) is 10.9 Å². The molecule has 1 atom stereocenters. The largest absolute Gasteiger partial charge is 0.384 e. The maximum absolute atomic E-state index is 10.5. The summed E-state index contributed by atoms with van der Waals surface area (Å²) in [4.78, 5) is 4.15. The SMILES string of the molecule is CC(C)[C@]1(O)C(N)=Nc2ccc(Cl)cc21. The van der Waals surface area contributed by atoms with Crippen LogP contribution in [0, 0.1) is 5.92 Å². The van der Waals surface area contributed by atoms with Crippen LogP contribution in [0.25, 0.3) is 0 Å². The fourth-order valence-electron chi connectivity index (χ4n) is 1.87. The van der Waals surface area contributed by atoms with Gasteiger partial charge in [0.2, 0.25) is 0 Å². The van der Waals surface area contributed by atoms with Crippen LogP contribution in [0.5, 0.6) is 0 Å². The Morgan fingerprint density at radius 1 is 1.47 bits per heavy atom. The van der Waals surface area contributed by atoms with Crippen molar-refractivity contribution in [3.8, 4) is 0 Å². The Balaban J connectivity index is 2.64. The van der Waals surface area contributed by atoms with Gasteiger partial charge in [0, 0.05) is 10.6 Å². The maximum atomic E-state index is 10.5. The molecule has 15 heavy (non-hydrogen) atoms. The molecule has 80 valence electrons. The molecule has 0 bridgehead atoms. The number of aliphatic hydroxyl groups is 1. The quantitative estimate of drug-likeness (QED) is 0.768. The Bertz CT molecular complexity index is 442. The van der Waals surface area contributed by atoms with Crippen LogP contribution in [0.1, 0.15) is 19.4 Å². The Kier molecular flexibility index (Phi) is 2.24. The number of aliphatic imine (C=N–C) groups is 1. The molecular formula is C11H13ClN2O. The molecule has 1 aromatic carbocycles. The van der Waals surface area contributed by atoms with Gasteiger partial charge in [0.05, 0.1) is 5.69 Å². The average molecular weight is 225 g/mol. The highest BCUT2D eigenvalue weighted by Crippen LogP contribution is 2.42. The number of amidine groups is 1. The van der Waals surface area contributed by atoms with Gasteiger partial charge in [0.1, 0.15) is 5.84 Å². The molecule has 0 amide bonds. The molecule has 2 rings (SSSR count). The molecule has 1 aliphatic rings. The predicted molar refractivity (Wildman–Crippen MR) is 61.5 cm³/mol. The van der Waals surface area contributed by atoms with Crippen molar-refractivity contribution in [2.75, 3.05) is 0 Å². The lowest BCUT2D eigenvalue weighted by molar-refractivity contribution is 0.0636. The molecule has 4 heteroatoms. The van der Waals surface area contributed by atoms with Crippen LogP contribution >= 0.6 is 11.6 Å². The molecule has 3 nitrogen and oxygen atoms in total. The number of nitrogens with two attached hydrogens (primary N) is 1. The van der Waals surface area contributed by atoms with E-state index in [4.69, 9.17) is 17.3 Å². The average Bonchev–Trinajstić information content (AvgIpc) is 2.42. The van der Waals surface area contributed by atoms with Gasteiger partial charge >= 0.3 is 0 Å². The molecule has 1 aliphatic heterocycles. The Hall–Kier alpha value is -1.06. The van der Waals surface area contributed by atoms with Crippen molar-refractivity contribution in [3.05, 3.63) is 28.8 Å². The van der Waals surface area contributed by atoms with Gasteiger partial charge in [-0.15, -0.1) is 0 Å². The summed E-state index contributed by atoms with van der Waals surface area (Å²) in [6.07, 6.45) is 0. The zero-order valence-corrected chi connectivity index (χ0v) is 9.42. The number of fused-ring (bicyclic) bond motifs is 1. The van der Waals surface area contributed by atoms with Gasteiger partial charge in [-0.25, -0.2) is 4.99 Å². The third-order valence-electron chi connectivity index (χ3n) is 2.84. The van der Waals surface area contributed by atoms with Gasteiger partial charge in [0.25, 0.3) is 0 Å². The van der Waals surface area contributed by atoms with Crippen molar-refractivity contribution < 1.29 is 5.11 Å². The van der Waals surface area contributed by atoms with E-state index in [0.29, 0.717) is 16.3 Å². The smallest absolute Gasteiger partial charge is 0.151 e. The normalized spacial score (nSPS) is 24.2. The fraction of sp³-hybridized carbons (Fsp3) is 0.364. The maximum Gasteiger partial charge on any atom is 0.151 e. The molecule has 1 heterocycles. The second-order valence-corrected chi connectivity index (χ2v) is 4.52. The summed E-state index contributed by atoms with van der Waals surface area (Å²) < 4.78 is 0. The van der Waals surface area contributed by atoms with E-state index in [1.165, 1.54) is 0 Å². The number of halogens is 1. The number of benzene rings is 1. The monoisotopic (exact) mass is 224 g/mol. The van der Waals surface area contributed by atoms with E-state index in [9.17, 15) is 5.11 Å². The van der Waals surface area contributed by atoms with Gasteiger partial charge < -0.3 is 10.8 Å². The van der Waals surface area contributed by atoms with Gasteiger partial charge in [0.15, 0.2) is 5.60 Å². The molecule has 3 N–H and O–H groups in total. The van der Waals surface area contributed by atoms with E-state index in [-0.39, 0.29) is 11.8 Å². The molecule has 0 aromatic heterocycles. The van der Waals surface area contributed by atoms with E-state index in [2.05, 4.69) is 4.99 Å². The molecule has 0 aliphatic carbocycles. The number of hydrogen-bond acceptors (Lipinski definition) is 3. The van der Waals surface area contributed by atoms with E-state index in [0.717, 1.165) is 0 Å². The summed E-state index contributed by atoms with van der Waals surface area (Å²) >= 11 is 5.90. The highest BCUT2D eigenvalue weighted by atomic mass is 35.5. The van der Waals surface area contributed by atoms with Crippen LogP contribution in [0.3, 0.4) is 0 Å². The summed E-state index contributed by atoms with van der Waals surface area (Å²) in [5, 5.41) is 11.1. The topological polar surface area (TPSA) is 58.6 Å². The van der Waals surface area contributed by atoms with E-state index >= 15 is 0 Å². The molecule has 0 radical (unpaired) electrons. The van der Waals surface area contributed by atoms with Crippen LogP contribution in [-0.2, 0) is 5.60 Å². The third-order valence-corrected chi connectivity index (χ3v) is 3.07. The molecule has 0 saturated heterocycles. The number of hydrogen-bond donors (Lipinski definition) is 2. The lowest BCUT2D eigenvalue weighted by Gasteiger charge is -2.28. The first-order chi connectivity index (χ1) is 6.96. The molecule has 0 fully saturated rings. The summed E-state index contributed by atoms with van der Waals surface area (Å²) in [6.45, 7) is 3.80. The van der Waals surface area contributed by atoms with Crippen LogP contribution in [0.4, 0.5) is 5.69 Å². The molecule has 1 aromatic rings. The standard InChI is InChI=1S/C11H13ClN2O/c1-6(2)11(15)8-5-7(12)3-4-9(8)14-10(11)13/h3-6,15H,1-2H3,(H2,13,14)/t11-/m1/s1. The summed E-state index contributed by atoms with van der Waals surface area (Å²) in [7, 11) is 0. The molecule has 0 saturated carbocycles. The summed E-state index contributed by atoms with van der Waals surface area (Å²) in [6, 6.07) is 5.23. The summed E-state index contributed by atoms with van der Waals surface area (Å²) in [5.41, 5.74) is 5.99. The Morgan fingerprint density at radius 2 is 2.13 bits per heavy atom. The highest BCUT2D eigenvalue weighted by molar-refractivity contribution is 6.30. The molecular weight excluding hydrogens is 212 g/mol. The van der Waals surface area contributed by atoms with E-state index in [1.54, 1.807) is 18.2 Å². The first kappa shape index (κ1) is 10.5. The zero-order valence-electron chi connectivity index (χ0n) is 8.66. The minimum absolute atomic E-state index is 0.0408. The van der Waals surface area contributed by atoms with Crippen molar-refractivity contribution in [3.63, 3.8) is 0 Å². The summed E-state index contributed by atoms with van der Waals surface area (Å²) in [5.74, 6) is 0.204. The van der Waals surface area contributed by atoms with E-state index in [1.807, 2.05) is 13.8 Å². The van der Waals surface area contributed by atoms with Gasteiger partial charge in [-0.1, -0.05) is 25.4 Å². The predicted octanol–water partition coefficient (Wildman–Crippen LogP) is 2.19. The minimum Gasteiger partial charge on any atom is -0.384 e. The molecule has 0 unspecified atom stereocenters. The van der Waals surface area contributed by atoms with Crippen molar-refractivity contribution in [2.24, 2.45) is 16.6 Å². The molecule has 0 spiro atoms. The Labute approximate surface area is 93.6 Å². The van der Waals surface area contributed by atoms with Crippen molar-refractivity contribution in [2.45, 2.75) is 19.4 Å². The second kappa shape index (κ2) is 3.22. The van der Waals surface area contributed by atoms with Crippen molar-refractivity contribution in [1.29, 1.82) is 0 Å².